The van der Waals surface area contributed by atoms with E-state index in [0.29, 0.717) is 22.0 Å². The zero-order chi connectivity index (χ0) is 21.8. The van der Waals surface area contributed by atoms with Crippen molar-refractivity contribution in [2.45, 2.75) is 6.92 Å². The predicted octanol–water partition coefficient (Wildman–Crippen LogP) is 4.80. The van der Waals surface area contributed by atoms with Gasteiger partial charge < -0.3 is 10.6 Å². The molecule has 3 aromatic carbocycles. The average molecular weight is 432 g/mol. The number of nitrogens with zero attached hydrogens (tertiary/aromatic N) is 3. The minimum atomic E-state index is -0.240. The van der Waals surface area contributed by atoms with Crippen molar-refractivity contribution in [2.75, 3.05) is 10.6 Å². The molecule has 0 spiro atoms. The lowest BCUT2D eigenvalue weighted by atomic mass is 10.1. The number of nitrogens with one attached hydrogen (secondary N) is 2. The van der Waals surface area contributed by atoms with Gasteiger partial charge in [0.05, 0.1) is 17.6 Å². The normalized spacial score (nSPS) is 10.5. The minimum Gasteiger partial charge on any atom is -0.326 e. The van der Waals surface area contributed by atoms with Crippen LogP contribution in [-0.2, 0) is 4.79 Å². The molecule has 1 aromatic heterocycles. The quantitative estimate of drug-likeness (QED) is 0.475. The van der Waals surface area contributed by atoms with Crippen molar-refractivity contribution in [3.05, 3.63) is 89.6 Å². The number of anilines is 2. The van der Waals surface area contributed by atoms with Crippen LogP contribution in [0.5, 0.6) is 0 Å². The topological polar surface area (TPSA) is 88.9 Å². The molecule has 0 aliphatic carbocycles. The Hall–Kier alpha value is -3.97. The molecule has 154 valence electrons. The van der Waals surface area contributed by atoms with Crippen LogP contribution >= 0.6 is 11.6 Å². The molecule has 0 saturated carbocycles. The van der Waals surface area contributed by atoms with Gasteiger partial charge in [0.25, 0.3) is 5.91 Å². The van der Waals surface area contributed by atoms with Crippen molar-refractivity contribution in [2.24, 2.45) is 0 Å². The van der Waals surface area contributed by atoms with Crippen molar-refractivity contribution < 1.29 is 9.59 Å². The van der Waals surface area contributed by atoms with Crippen LogP contribution in [0.15, 0.2) is 79.0 Å². The first-order valence-electron chi connectivity index (χ1n) is 9.46. The van der Waals surface area contributed by atoms with Gasteiger partial charge in [0.1, 0.15) is 0 Å². The Morgan fingerprint density at radius 1 is 0.839 bits per heavy atom. The van der Waals surface area contributed by atoms with Crippen molar-refractivity contribution in [1.29, 1.82) is 0 Å². The molecule has 2 amide bonds. The first-order valence-corrected chi connectivity index (χ1v) is 9.83. The van der Waals surface area contributed by atoms with Gasteiger partial charge >= 0.3 is 0 Å². The average Bonchev–Trinajstić information content (AvgIpc) is 3.25. The van der Waals surface area contributed by atoms with E-state index in [1.54, 1.807) is 47.3 Å². The number of halogens is 1. The summed E-state index contributed by atoms with van der Waals surface area (Å²) in [6, 6.07) is 21.4. The third kappa shape index (κ3) is 4.79. The summed E-state index contributed by atoms with van der Waals surface area (Å²) in [6.07, 6.45) is 1.68. The second-order valence-corrected chi connectivity index (χ2v) is 7.23. The Labute approximate surface area is 183 Å². The number of rotatable bonds is 5. The summed E-state index contributed by atoms with van der Waals surface area (Å²) in [5.41, 5.74) is 4.32. The van der Waals surface area contributed by atoms with Gasteiger partial charge in [-0.2, -0.15) is 0 Å². The Morgan fingerprint density at radius 3 is 2.06 bits per heavy atom. The van der Waals surface area contributed by atoms with Gasteiger partial charge in [-0.05, 0) is 60.7 Å². The van der Waals surface area contributed by atoms with E-state index in [1.165, 1.54) is 6.92 Å². The van der Waals surface area contributed by atoms with Crippen LogP contribution in [-0.4, -0.2) is 26.8 Å². The van der Waals surface area contributed by atoms with Crippen LogP contribution in [0.4, 0.5) is 11.4 Å². The molecule has 0 bridgehead atoms. The maximum absolute atomic E-state index is 12.6. The van der Waals surface area contributed by atoms with Crippen LogP contribution in [0.25, 0.3) is 16.9 Å². The fourth-order valence-corrected chi connectivity index (χ4v) is 3.17. The fraction of sp³-hybridized carbons (Fsp3) is 0.0435. The first-order chi connectivity index (χ1) is 15.0. The molecule has 4 rings (SSSR count). The molecule has 7 nitrogen and oxygen atoms in total. The summed E-state index contributed by atoms with van der Waals surface area (Å²) >= 11 is 5.97. The van der Waals surface area contributed by atoms with E-state index >= 15 is 0 Å². The van der Waals surface area contributed by atoms with Crippen LogP contribution in [0.1, 0.15) is 17.3 Å². The summed E-state index contributed by atoms with van der Waals surface area (Å²) in [6.45, 7) is 1.44. The third-order valence-corrected chi connectivity index (χ3v) is 4.78. The van der Waals surface area contributed by atoms with Crippen molar-refractivity contribution in [3.63, 3.8) is 0 Å². The highest BCUT2D eigenvalue weighted by Crippen LogP contribution is 2.23. The van der Waals surface area contributed by atoms with Gasteiger partial charge in [-0.25, -0.2) is 4.68 Å². The summed E-state index contributed by atoms with van der Waals surface area (Å²) in [5.74, 6) is -0.390. The lowest BCUT2D eigenvalue weighted by Crippen LogP contribution is -2.12. The molecule has 0 unspecified atom stereocenters. The first kappa shape index (κ1) is 20.3. The standard InChI is InChI=1S/C23H18ClN5O2/c1-15(30)26-19-8-10-20(11-9-19)27-23(31)17-4-12-21(13-5-17)29-22(14-25-28-29)16-2-6-18(24)7-3-16/h2-14H,1H3,(H,26,30)(H,27,31). The van der Waals surface area contributed by atoms with E-state index in [9.17, 15) is 9.59 Å². The van der Waals surface area contributed by atoms with Gasteiger partial charge in [-0.1, -0.05) is 28.9 Å². The SMILES string of the molecule is CC(=O)Nc1ccc(NC(=O)c2ccc(-n3nncc3-c3ccc(Cl)cc3)cc2)cc1. The number of amides is 2. The van der Waals surface area contributed by atoms with Gasteiger partial charge in [0, 0.05) is 34.4 Å². The monoisotopic (exact) mass is 431 g/mol. The Kier molecular flexibility index (Phi) is 5.77. The van der Waals surface area contributed by atoms with Crippen LogP contribution < -0.4 is 10.6 Å². The maximum Gasteiger partial charge on any atom is 0.255 e. The molecular formula is C23H18ClN5O2. The molecule has 0 aliphatic heterocycles. The zero-order valence-corrected chi connectivity index (χ0v) is 17.3. The van der Waals surface area contributed by atoms with Gasteiger partial charge in [-0.15, -0.1) is 5.10 Å². The van der Waals surface area contributed by atoms with Crippen molar-refractivity contribution in [1.82, 2.24) is 15.0 Å². The van der Waals surface area contributed by atoms with Crippen LogP contribution in [0.3, 0.4) is 0 Å². The lowest BCUT2D eigenvalue weighted by molar-refractivity contribution is -0.114. The second kappa shape index (κ2) is 8.81. The van der Waals surface area contributed by atoms with E-state index in [1.807, 2.05) is 36.4 Å². The Balaban J connectivity index is 1.49. The summed E-state index contributed by atoms with van der Waals surface area (Å²) in [5, 5.41) is 14.3. The molecule has 31 heavy (non-hydrogen) atoms. The van der Waals surface area contributed by atoms with Crippen molar-refractivity contribution >= 4 is 34.8 Å². The highest BCUT2D eigenvalue weighted by molar-refractivity contribution is 6.30. The smallest absolute Gasteiger partial charge is 0.255 e. The van der Waals surface area contributed by atoms with Gasteiger partial charge in [0.2, 0.25) is 5.91 Å². The Morgan fingerprint density at radius 2 is 1.45 bits per heavy atom. The number of benzene rings is 3. The molecule has 0 aliphatic rings. The number of aromatic nitrogens is 3. The summed E-state index contributed by atoms with van der Waals surface area (Å²) in [7, 11) is 0. The highest BCUT2D eigenvalue weighted by Gasteiger charge is 2.11. The molecular weight excluding hydrogens is 414 g/mol. The van der Waals surface area contributed by atoms with E-state index < -0.39 is 0 Å². The second-order valence-electron chi connectivity index (χ2n) is 6.80. The number of hydrogen-bond acceptors (Lipinski definition) is 4. The van der Waals surface area contributed by atoms with Crippen LogP contribution in [0.2, 0.25) is 5.02 Å². The fourth-order valence-electron chi connectivity index (χ4n) is 3.04. The number of carbonyl (C=O) groups is 2. The van der Waals surface area contributed by atoms with E-state index in [4.69, 9.17) is 11.6 Å². The minimum absolute atomic E-state index is 0.150. The number of hydrogen-bond donors (Lipinski definition) is 2. The lowest BCUT2D eigenvalue weighted by Gasteiger charge is -2.09. The molecule has 2 N–H and O–H groups in total. The van der Waals surface area contributed by atoms with Crippen molar-refractivity contribution in [3.8, 4) is 16.9 Å². The summed E-state index contributed by atoms with van der Waals surface area (Å²) < 4.78 is 1.70. The predicted molar refractivity (Wildman–Crippen MR) is 121 cm³/mol. The molecule has 0 saturated heterocycles. The highest BCUT2D eigenvalue weighted by atomic mass is 35.5. The zero-order valence-electron chi connectivity index (χ0n) is 16.5. The van der Waals surface area contributed by atoms with Crippen LogP contribution in [0, 0.1) is 0 Å². The largest absolute Gasteiger partial charge is 0.326 e. The molecule has 1 heterocycles. The Bertz CT molecular complexity index is 1220. The van der Waals surface area contributed by atoms with Gasteiger partial charge in [-0.3, -0.25) is 9.59 Å². The van der Waals surface area contributed by atoms with E-state index in [-0.39, 0.29) is 11.8 Å². The molecule has 4 aromatic rings. The number of carbonyl (C=O) groups excluding carboxylic acids is 2. The molecule has 0 fully saturated rings. The maximum atomic E-state index is 12.6. The molecule has 8 heteroatoms. The van der Waals surface area contributed by atoms with Gasteiger partial charge in [0.15, 0.2) is 0 Å². The van der Waals surface area contributed by atoms with E-state index in [2.05, 4.69) is 20.9 Å². The molecule has 0 radical (unpaired) electrons. The molecule has 0 atom stereocenters. The third-order valence-electron chi connectivity index (χ3n) is 4.53. The van der Waals surface area contributed by atoms with E-state index in [0.717, 1.165) is 16.9 Å². The summed E-state index contributed by atoms with van der Waals surface area (Å²) in [4.78, 5) is 23.7.